The van der Waals surface area contributed by atoms with E-state index >= 15 is 0 Å². The number of rotatable bonds is 4. The van der Waals surface area contributed by atoms with Crippen LogP contribution in [0.1, 0.15) is 40.0 Å². The van der Waals surface area contributed by atoms with Crippen molar-refractivity contribution < 1.29 is 0 Å². The third kappa shape index (κ3) is 2.73. The van der Waals surface area contributed by atoms with Gasteiger partial charge in [-0.2, -0.15) is 0 Å². The fraction of sp³-hybridized carbons (Fsp3) is 1.00. The molecule has 0 aliphatic carbocycles. The number of nitrogens with one attached hydrogen (secondary N) is 1. The summed E-state index contributed by atoms with van der Waals surface area (Å²) < 4.78 is 0. The van der Waals surface area contributed by atoms with Gasteiger partial charge in [0.2, 0.25) is 0 Å². The van der Waals surface area contributed by atoms with Crippen LogP contribution in [0.4, 0.5) is 0 Å². The van der Waals surface area contributed by atoms with Gasteiger partial charge in [0, 0.05) is 19.1 Å². The number of hydrogen-bond acceptors (Lipinski definition) is 2. The highest BCUT2D eigenvalue weighted by molar-refractivity contribution is 4.91. The third-order valence-electron chi connectivity index (χ3n) is 4.43. The van der Waals surface area contributed by atoms with Gasteiger partial charge in [0.05, 0.1) is 0 Å². The highest BCUT2D eigenvalue weighted by atomic mass is 15.2. The molecule has 0 saturated carbocycles. The molecule has 2 rings (SSSR count). The molecule has 0 aromatic rings. The third-order valence-corrected chi connectivity index (χ3v) is 4.43. The van der Waals surface area contributed by atoms with E-state index in [1.807, 2.05) is 0 Å². The molecule has 2 aliphatic rings. The topological polar surface area (TPSA) is 15.3 Å². The number of nitrogens with zero attached hydrogens (tertiary/aromatic N) is 1. The van der Waals surface area contributed by atoms with Crippen molar-refractivity contribution in [1.29, 1.82) is 0 Å². The fourth-order valence-electron chi connectivity index (χ4n) is 2.75. The lowest BCUT2D eigenvalue weighted by atomic mass is 9.88. The monoisotopic (exact) mass is 210 g/mol. The molecule has 1 N–H and O–H groups in total. The highest BCUT2D eigenvalue weighted by Gasteiger charge is 2.34. The van der Waals surface area contributed by atoms with E-state index in [-0.39, 0.29) is 0 Å². The van der Waals surface area contributed by atoms with E-state index in [4.69, 9.17) is 0 Å². The van der Waals surface area contributed by atoms with Crippen LogP contribution < -0.4 is 5.32 Å². The number of piperidine rings is 1. The van der Waals surface area contributed by atoms with Crippen molar-refractivity contribution >= 4 is 0 Å². The summed E-state index contributed by atoms with van der Waals surface area (Å²) in [5, 5.41) is 3.81. The molecule has 15 heavy (non-hydrogen) atoms. The van der Waals surface area contributed by atoms with Crippen molar-refractivity contribution in [2.45, 2.75) is 46.1 Å². The molecule has 0 spiro atoms. The molecule has 0 amide bonds. The Balaban J connectivity index is 1.79. The lowest BCUT2D eigenvalue weighted by molar-refractivity contribution is 0.202. The van der Waals surface area contributed by atoms with E-state index in [9.17, 15) is 0 Å². The molecule has 2 heterocycles. The van der Waals surface area contributed by atoms with Gasteiger partial charge in [-0.3, -0.25) is 0 Å². The summed E-state index contributed by atoms with van der Waals surface area (Å²) in [5.41, 5.74) is 0.468. The SMILES string of the molecule is CCC(C)(C)CNC1CCN2CCC1C2. The minimum absolute atomic E-state index is 0.468. The second-order valence-corrected chi connectivity index (χ2v) is 6.14. The molecule has 2 saturated heterocycles. The Kier molecular flexibility index (Phi) is 3.36. The summed E-state index contributed by atoms with van der Waals surface area (Å²) in [6.45, 7) is 12.2. The van der Waals surface area contributed by atoms with Crippen molar-refractivity contribution in [3.05, 3.63) is 0 Å². The summed E-state index contributed by atoms with van der Waals surface area (Å²) in [6.07, 6.45) is 4.05. The van der Waals surface area contributed by atoms with Gasteiger partial charge in [0.15, 0.2) is 0 Å². The Hall–Kier alpha value is -0.0800. The zero-order valence-corrected chi connectivity index (χ0v) is 10.6. The van der Waals surface area contributed by atoms with Crippen LogP contribution in [0.15, 0.2) is 0 Å². The van der Waals surface area contributed by atoms with Crippen LogP contribution in [0.2, 0.25) is 0 Å². The molecular formula is C13H26N2. The van der Waals surface area contributed by atoms with Gasteiger partial charge in [-0.15, -0.1) is 0 Å². The Bertz CT molecular complexity index is 213. The first kappa shape index (κ1) is 11.4. The lowest BCUT2D eigenvalue weighted by Crippen LogP contribution is -2.46. The highest BCUT2D eigenvalue weighted by Crippen LogP contribution is 2.28. The average Bonchev–Trinajstić information content (AvgIpc) is 2.60. The average molecular weight is 210 g/mol. The van der Waals surface area contributed by atoms with E-state index < -0.39 is 0 Å². The Morgan fingerprint density at radius 1 is 1.27 bits per heavy atom. The lowest BCUT2D eigenvalue weighted by Gasteiger charge is -2.34. The molecule has 3 unspecified atom stereocenters. The molecule has 2 heteroatoms. The summed E-state index contributed by atoms with van der Waals surface area (Å²) >= 11 is 0. The van der Waals surface area contributed by atoms with Crippen molar-refractivity contribution in [1.82, 2.24) is 10.2 Å². The Morgan fingerprint density at radius 2 is 2.00 bits per heavy atom. The van der Waals surface area contributed by atoms with Gasteiger partial charge in [-0.1, -0.05) is 20.8 Å². The van der Waals surface area contributed by atoms with Crippen LogP contribution in [0.5, 0.6) is 0 Å². The minimum Gasteiger partial charge on any atom is -0.313 e. The maximum absolute atomic E-state index is 3.81. The van der Waals surface area contributed by atoms with Gasteiger partial charge in [0.25, 0.3) is 0 Å². The number of fused-ring (bicyclic) bond motifs is 2. The van der Waals surface area contributed by atoms with Gasteiger partial charge in [-0.25, -0.2) is 0 Å². The van der Waals surface area contributed by atoms with Crippen molar-refractivity contribution in [3.8, 4) is 0 Å². The molecule has 0 aromatic heterocycles. The van der Waals surface area contributed by atoms with Crippen LogP contribution in [-0.4, -0.2) is 37.1 Å². The molecule has 2 fully saturated rings. The van der Waals surface area contributed by atoms with Crippen molar-refractivity contribution in [3.63, 3.8) is 0 Å². The predicted molar refractivity (Wildman–Crippen MR) is 65.0 cm³/mol. The van der Waals surface area contributed by atoms with Gasteiger partial charge in [0.1, 0.15) is 0 Å². The summed E-state index contributed by atoms with van der Waals surface area (Å²) in [5.74, 6) is 0.936. The maximum atomic E-state index is 3.81. The molecular weight excluding hydrogens is 184 g/mol. The zero-order valence-electron chi connectivity index (χ0n) is 10.6. The first-order valence-corrected chi connectivity index (χ1v) is 6.56. The first-order valence-electron chi connectivity index (χ1n) is 6.56. The first-order chi connectivity index (χ1) is 7.11. The maximum Gasteiger partial charge on any atom is 0.0120 e. The smallest absolute Gasteiger partial charge is 0.0120 e. The molecule has 2 bridgehead atoms. The van der Waals surface area contributed by atoms with Gasteiger partial charge in [-0.05, 0) is 43.7 Å². The van der Waals surface area contributed by atoms with E-state index in [2.05, 4.69) is 31.0 Å². The van der Waals surface area contributed by atoms with E-state index in [0.29, 0.717) is 5.41 Å². The molecule has 0 radical (unpaired) electrons. The number of hydrogen-bond donors (Lipinski definition) is 1. The molecule has 88 valence electrons. The second-order valence-electron chi connectivity index (χ2n) is 6.14. The quantitative estimate of drug-likeness (QED) is 0.764. The van der Waals surface area contributed by atoms with Crippen LogP contribution in [0.3, 0.4) is 0 Å². The van der Waals surface area contributed by atoms with E-state index in [1.165, 1.54) is 45.4 Å². The van der Waals surface area contributed by atoms with Gasteiger partial charge < -0.3 is 10.2 Å². The van der Waals surface area contributed by atoms with E-state index in [0.717, 1.165) is 12.0 Å². The molecule has 2 aliphatic heterocycles. The summed E-state index contributed by atoms with van der Waals surface area (Å²) in [6, 6.07) is 0.801. The van der Waals surface area contributed by atoms with Crippen molar-refractivity contribution in [2.75, 3.05) is 26.2 Å². The molecule has 0 aromatic carbocycles. The Morgan fingerprint density at radius 3 is 2.73 bits per heavy atom. The van der Waals surface area contributed by atoms with Gasteiger partial charge >= 0.3 is 0 Å². The Labute approximate surface area is 94.4 Å². The van der Waals surface area contributed by atoms with Crippen LogP contribution >= 0.6 is 0 Å². The molecule has 3 atom stereocenters. The van der Waals surface area contributed by atoms with Crippen molar-refractivity contribution in [2.24, 2.45) is 11.3 Å². The normalized spacial score (nSPS) is 35.8. The largest absolute Gasteiger partial charge is 0.313 e. The standard InChI is InChI=1S/C13H26N2/c1-4-13(2,3)10-14-12-6-8-15-7-5-11(12)9-15/h11-12,14H,4-10H2,1-3H3. The summed E-state index contributed by atoms with van der Waals surface area (Å²) in [7, 11) is 0. The zero-order chi connectivity index (χ0) is 10.9. The van der Waals surface area contributed by atoms with Crippen LogP contribution in [0, 0.1) is 11.3 Å². The van der Waals surface area contributed by atoms with Crippen LogP contribution in [0.25, 0.3) is 0 Å². The fourth-order valence-corrected chi connectivity index (χ4v) is 2.75. The minimum atomic E-state index is 0.468. The predicted octanol–water partition coefficient (Wildman–Crippen LogP) is 2.11. The summed E-state index contributed by atoms with van der Waals surface area (Å²) in [4.78, 5) is 2.62. The molecule has 2 nitrogen and oxygen atoms in total. The van der Waals surface area contributed by atoms with E-state index in [1.54, 1.807) is 0 Å². The van der Waals surface area contributed by atoms with Crippen LogP contribution in [-0.2, 0) is 0 Å². The second kappa shape index (κ2) is 4.42.